The first-order valence-electron chi connectivity index (χ1n) is 4.25. The summed E-state index contributed by atoms with van der Waals surface area (Å²) in [6.45, 7) is 0. The van der Waals surface area contributed by atoms with Gasteiger partial charge >= 0.3 is 5.97 Å². The molecule has 1 rings (SSSR count). The fourth-order valence-corrected chi connectivity index (χ4v) is 1.23. The first kappa shape index (κ1) is 12.4. The molecule has 0 aliphatic heterocycles. The smallest absolute Gasteiger partial charge is 0.338 e. The van der Waals surface area contributed by atoms with Crippen LogP contribution < -0.4 is 4.74 Å². The lowest BCUT2D eigenvalue weighted by Crippen LogP contribution is -2.09. The van der Waals surface area contributed by atoms with Gasteiger partial charge in [0, 0.05) is 0 Å². The topological polar surface area (TPSA) is 35.5 Å². The second-order valence-corrected chi connectivity index (χ2v) is 2.84. The highest BCUT2D eigenvalue weighted by Crippen LogP contribution is 2.31. The number of benzene rings is 1. The standard InChI is InChI=1S/C10H9F3O3/c1-15-6-4-3-5(10(14)16-2)7(8(6)11)9(12)13/h3-4,9H,1-2H3. The van der Waals surface area contributed by atoms with Gasteiger partial charge in [-0.1, -0.05) is 0 Å². The van der Waals surface area contributed by atoms with Crippen LogP contribution in [-0.4, -0.2) is 20.2 Å². The number of ether oxygens (including phenoxy) is 2. The van der Waals surface area contributed by atoms with Crippen molar-refractivity contribution in [2.75, 3.05) is 14.2 Å². The molecule has 0 spiro atoms. The lowest BCUT2D eigenvalue weighted by molar-refractivity contribution is 0.0587. The number of hydrogen-bond acceptors (Lipinski definition) is 3. The molecule has 1 aromatic rings. The fourth-order valence-electron chi connectivity index (χ4n) is 1.23. The van der Waals surface area contributed by atoms with Crippen molar-refractivity contribution >= 4 is 5.97 Å². The zero-order chi connectivity index (χ0) is 12.3. The summed E-state index contributed by atoms with van der Waals surface area (Å²) in [6, 6.07) is 2.13. The van der Waals surface area contributed by atoms with Crippen LogP contribution in [0.2, 0.25) is 0 Å². The maximum absolute atomic E-state index is 13.5. The SMILES string of the molecule is COC(=O)c1ccc(OC)c(F)c1C(F)F. The van der Waals surface area contributed by atoms with E-state index in [4.69, 9.17) is 0 Å². The molecule has 0 aliphatic rings. The summed E-state index contributed by atoms with van der Waals surface area (Å²) in [5, 5.41) is 0. The van der Waals surface area contributed by atoms with Crippen LogP contribution in [0.4, 0.5) is 13.2 Å². The quantitative estimate of drug-likeness (QED) is 0.754. The Hall–Kier alpha value is -1.72. The molecule has 0 unspecified atom stereocenters. The number of hydrogen-bond donors (Lipinski definition) is 0. The van der Waals surface area contributed by atoms with E-state index in [1.165, 1.54) is 0 Å². The van der Waals surface area contributed by atoms with E-state index in [2.05, 4.69) is 9.47 Å². The summed E-state index contributed by atoms with van der Waals surface area (Å²) < 4.78 is 47.5. The predicted molar refractivity (Wildman–Crippen MR) is 49.2 cm³/mol. The Morgan fingerprint density at radius 2 is 1.94 bits per heavy atom. The normalized spacial score (nSPS) is 10.4. The van der Waals surface area contributed by atoms with Crippen LogP contribution in [-0.2, 0) is 4.74 Å². The van der Waals surface area contributed by atoms with Gasteiger partial charge in [0.05, 0.1) is 25.3 Å². The molecule has 0 aromatic heterocycles. The molecule has 6 heteroatoms. The molecule has 0 fully saturated rings. The zero-order valence-corrected chi connectivity index (χ0v) is 8.59. The van der Waals surface area contributed by atoms with E-state index in [1.807, 2.05) is 0 Å². The van der Waals surface area contributed by atoms with E-state index in [9.17, 15) is 18.0 Å². The van der Waals surface area contributed by atoms with Crippen molar-refractivity contribution in [1.82, 2.24) is 0 Å². The van der Waals surface area contributed by atoms with E-state index in [-0.39, 0.29) is 5.75 Å². The van der Waals surface area contributed by atoms with Crippen LogP contribution >= 0.6 is 0 Å². The third-order valence-corrected chi connectivity index (χ3v) is 1.99. The van der Waals surface area contributed by atoms with Crippen molar-refractivity contribution in [2.45, 2.75) is 6.43 Å². The van der Waals surface area contributed by atoms with Gasteiger partial charge in [-0.2, -0.15) is 0 Å². The number of methoxy groups -OCH3 is 2. The third-order valence-electron chi connectivity index (χ3n) is 1.99. The van der Waals surface area contributed by atoms with E-state index >= 15 is 0 Å². The second-order valence-electron chi connectivity index (χ2n) is 2.84. The van der Waals surface area contributed by atoms with E-state index in [0.717, 1.165) is 26.4 Å². The minimum Gasteiger partial charge on any atom is -0.494 e. The van der Waals surface area contributed by atoms with Gasteiger partial charge in [-0.25, -0.2) is 18.0 Å². The van der Waals surface area contributed by atoms with Crippen LogP contribution in [0.1, 0.15) is 22.3 Å². The molecule has 0 saturated carbocycles. The molecule has 0 saturated heterocycles. The van der Waals surface area contributed by atoms with E-state index < -0.39 is 29.3 Å². The molecule has 1 aromatic carbocycles. The Kier molecular flexibility index (Phi) is 3.76. The summed E-state index contributed by atoms with van der Waals surface area (Å²) >= 11 is 0. The molecule has 0 amide bonds. The fraction of sp³-hybridized carbons (Fsp3) is 0.300. The van der Waals surface area contributed by atoms with Gasteiger partial charge in [0.2, 0.25) is 0 Å². The Morgan fingerprint density at radius 3 is 2.38 bits per heavy atom. The molecule has 0 atom stereocenters. The van der Waals surface area contributed by atoms with Crippen molar-refractivity contribution in [3.63, 3.8) is 0 Å². The van der Waals surface area contributed by atoms with Crippen molar-refractivity contribution in [3.05, 3.63) is 29.1 Å². The highest BCUT2D eigenvalue weighted by atomic mass is 19.3. The highest BCUT2D eigenvalue weighted by molar-refractivity contribution is 5.91. The predicted octanol–water partition coefficient (Wildman–Crippen LogP) is 2.56. The van der Waals surface area contributed by atoms with Crippen LogP contribution in [0.5, 0.6) is 5.75 Å². The monoisotopic (exact) mass is 234 g/mol. The molecular formula is C10H9F3O3. The summed E-state index contributed by atoms with van der Waals surface area (Å²) in [6.07, 6.45) is -3.12. The number of alkyl halides is 2. The van der Waals surface area contributed by atoms with Gasteiger partial charge in [0.25, 0.3) is 6.43 Å². The first-order valence-corrected chi connectivity index (χ1v) is 4.25. The van der Waals surface area contributed by atoms with Gasteiger partial charge in [-0.3, -0.25) is 0 Å². The average Bonchev–Trinajstić information content (AvgIpc) is 2.26. The largest absolute Gasteiger partial charge is 0.494 e. The number of carbonyl (C=O) groups is 1. The summed E-state index contributed by atoms with van der Waals surface area (Å²) in [5.74, 6) is -2.61. The van der Waals surface area contributed by atoms with Crippen LogP contribution in [0.3, 0.4) is 0 Å². The molecule has 0 radical (unpaired) electrons. The minimum absolute atomic E-state index is 0.344. The third kappa shape index (κ3) is 2.10. The molecule has 3 nitrogen and oxygen atoms in total. The van der Waals surface area contributed by atoms with Crippen molar-refractivity contribution < 1.29 is 27.4 Å². The van der Waals surface area contributed by atoms with Crippen LogP contribution in [0, 0.1) is 5.82 Å². The first-order chi connectivity index (χ1) is 7.52. The molecule has 0 heterocycles. The molecule has 0 bridgehead atoms. The van der Waals surface area contributed by atoms with E-state index in [0.29, 0.717) is 0 Å². The molecule has 16 heavy (non-hydrogen) atoms. The van der Waals surface area contributed by atoms with Gasteiger partial charge in [0.15, 0.2) is 11.6 Å². The highest BCUT2D eigenvalue weighted by Gasteiger charge is 2.25. The molecule has 88 valence electrons. The lowest BCUT2D eigenvalue weighted by Gasteiger charge is -2.10. The average molecular weight is 234 g/mol. The Labute approximate surface area is 89.8 Å². The Morgan fingerprint density at radius 1 is 1.31 bits per heavy atom. The number of esters is 1. The van der Waals surface area contributed by atoms with Crippen LogP contribution in [0.15, 0.2) is 12.1 Å². The van der Waals surface area contributed by atoms with Crippen molar-refractivity contribution in [1.29, 1.82) is 0 Å². The minimum atomic E-state index is -3.12. The lowest BCUT2D eigenvalue weighted by atomic mass is 10.1. The number of carbonyl (C=O) groups excluding carboxylic acids is 1. The van der Waals surface area contributed by atoms with E-state index in [1.54, 1.807) is 0 Å². The van der Waals surface area contributed by atoms with Gasteiger partial charge in [-0.05, 0) is 12.1 Å². The van der Waals surface area contributed by atoms with Gasteiger partial charge < -0.3 is 9.47 Å². The number of rotatable bonds is 3. The van der Waals surface area contributed by atoms with Gasteiger partial charge in [0.1, 0.15) is 0 Å². The van der Waals surface area contributed by atoms with Gasteiger partial charge in [-0.15, -0.1) is 0 Å². The molecule has 0 N–H and O–H groups in total. The molecular weight excluding hydrogens is 225 g/mol. The Balaban J connectivity index is 3.40. The van der Waals surface area contributed by atoms with Crippen molar-refractivity contribution in [3.8, 4) is 5.75 Å². The summed E-state index contributed by atoms with van der Waals surface area (Å²) in [5.41, 5.74) is -1.51. The molecule has 0 aliphatic carbocycles. The van der Waals surface area contributed by atoms with Crippen molar-refractivity contribution in [2.24, 2.45) is 0 Å². The second kappa shape index (κ2) is 4.87. The number of halogens is 3. The summed E-state index contributed by atoms with van der Waals surface area (Å²) in [7, 11) is 2.17. The zero-order valence-electron chi connectivity index (χ0n) is 8.59. The summed E-state index contributed by atoms with van der Waals surface area (Å²) in [4.78, 5) is 11.1. The maximum Gasteiger partial charge on any atom is 0.338 e. The van der Waals surface area contributed by atoms with Crippen LogP contribution in [0.25, 0.3) is 0 Å². The Bertz CT molecular complexity index is 405. The maximum atomic E-state index is 13.5.